The number of carbonyl (C=O) groups is 1. The van der Waals surface area contributed by atoms with Crippen molar-refractivity contribution in [3.8, 4) is 0 Å². The van der Waals surface area contributed by atoms with E-state index in [1.165, 1.54) is 43.0 Å². The van der Waals surface area contributed by atoms with Crippen LogP contribution in [0, 0.1) is 5.92 Å². The van der Waals surface area contributed by atoms with E-state index in [1.54, 1.807) is 6.92 Å². The molecule has 5 atom stereocenters. The van der Waals surface area contributed by atoms with Gasteiger partial charge in [0.1, 0.15) is 23.8 Å². The molecule has 2 aromatic heterocycles. The first-order valence-electron chi connectivity index (χ1n) is 12.1. The first-order chi connectivity index (χ1) is 16.4. The molecule has 1 saturated carbocycles. The van der Waals surface area contributed by atoms with Crippen LogP contribution in [0.25, 0.3) is 11.2 Å². The number of rotatable bonds is 9. The highest BCUT2D eigenvalue weighted by atomic mass is 35.5. The van der Waals surface area contributed by atoms with E-state index in [1.807, 2.05) is 0 Å². The Balaban J connectivity index is 0.00000342. The van der Waals surface area contributed by atoms with E-state index in [0.717, 1.165) is 18.8 Å². The second-order valence-electron chi connectivity index (χ2n) is 9.14. The van der Waals surface area contributed by atoms with Crippen LogP contribution >= 0.6 is 12.4 Å². The molecule has 1 amide bonds. The lowest BCUT2D eigenvalue weighted by Crippen LogP contribution is -2.47. The number of aromatic nitrogens is 4. The van der Waals surface area contributed by atoms with E-state index in [-0.39, 0.29) is 18.2 Å². The van der Waals surface area contributed by atoms with Crippen LogP contribution in [0.1, 0.15) is 58.1 Å². The lowest BCUT2D eigenvalue weighted by atomic mass is 9.86. The number of aliphatic hydroxyl groups excluding tert-OH is 3. The minimum absolute atomic E-state index is 0. The summed E-state index contributed by atoms with van der Waals surface area (Å²) in [5, 5.41) is 37.0. The van der Waals surface area contributed by atoms with Gasteiger partial charge in [-0.2, -0.15) is 9.97 Å². The normalized spacial score (nSPS) is 25.8. The molecule has 196 valence electrons. The van der Waals surface area contributed by atoms with Crippen molar-refractivity contribution in [2.45, 2.75) is 82.5 Å². The predicted molar refractivity (Wildman–Crippen MR) is 132 cm³/mol. The maximum atomic E-state index is 12.0. The summed E-state index contributed by atoms with van der Waals surface area (Å²) in [7, 11) is 0. The molecule has 3 heterocycles. The number of hydrogen-bond acceptors (Lipinski definition) is 10. The summed E-state index contributed by atoms with van der Waals surface area (Å²) in [5.41, 5.74) is 6.72. The van der Waals surface area contributed by atoms with E-state index in [9.17, 15) is 20.1 Å². The number of anilines is 2. The Bertz CT molecular complexity index is 987. The van der Waals surface area contributed by atoms with Crippen LogP contribution < -0.4 is 16.4 Å². The maximum absolute atomic E-state index is 12.0. The van der Waals surface area contributed by atoms with Gasteiger partial charge in [0.05, 0.1) is 6.33 Å². The van der Waals surface area contributed by atoms with Gasteiger partial charge in [-0.1, -0.05) is 32.1 Å². The largest absolute Gasteiger partial charge is 0.387 e. The first-order valence-corrected chi connectivity index (χ1v) is 12.1. The van der Waals surface area contributed by atoms with Crippen molar-refractivity contribution in [2.24, 2.45) is 5.92 Å². The maximum Gasteiger partial charge on any atom is 0.251 e. The number of carbonyl (C=O) groups excluding carboxylic acids is 1. The zero-order valence-corrected chi connectivity index (χ0v) is 20.7. The number of amides is 1. The lowest BCUT2D eigenvalue weighted by Gasteiger charge is -2.21. The number of fused-ring (bicyclic) bond motifs is 1. The van der Waals surface area contributed by atoms with Gasteiger partial charge in [0, 0.05) is 13.1 Å². The molecule has 2 fully saturated rings. The number of likely N-dealkylation sites (N-methyl/N-ethyl adjacent to an activating group) is 1. The van der Waals surface area contributed by atoms with Gasteiger partial charge in [-0.25, -0.2) is 4.98 Å². The fraction of sp³-hybridized carbons (Fsp3) is 0.727. The van der Waals surface area contributed by atoms with Crippen molar-refractivity contribution in [1.82, 2.24) is 24.8 Å². The van der Waals surface area contributed by atoms with Crippen molar-refractivity contribution in [2.75, 3.05) is 24.1 Å². The zero-order chi connectivity index (χ0) is 24.2. The molecule has 1 saturated heterocycles. The molecule has 1 aliphatic carbocycles. The monoisotopic (exact) mass is 513 g/mol. The van der Waals surface area contributed by atoms with Crippen molar-refractivity contribution in [3.63, 3.8) is 0 Å². The van der Waals surface area contributed by atoms with Crippen molar-refractivity contribution < 1.29 is 24.9 Å². The Labute approximate surface area is 210 Å². The molecule has 4 rings (SSSR count). The smallest absolute Gasteiger partial charge is 0.251 e. The molecule has 0 spiro atoms. The van der Waals surface area contributed by atoms with Crippen molar-refractivity contribution in [1.29, 1.82) is 0 Å². The van der Waals surface area contributed by atoms with Gasteiger partial charge in [-0.3, -0.25) is 9.36 Å². The number of nitrogens with zero attached hydrogens (tertiary/aromatic N) is 4. The fourth-order valence-corrected chi connectivity index (χ4v) is 4.87. The third-order valence-corrected chi connectivity index (χ3v) is 6.73. The second kappa shape index (κ2) is 12.1. The van der Waals surface area contributed by atoms with Crippen molar-refractivity contribution >= 4 is 41.2 Å². The zero-order valence-electron chi connectivity index (χ0n) is 19.8. The summed E-state index contributed by atoms with van der Waals surface area (Å²) in [5.74, 6) is 0.606. The van der Waals surface area contributed by atoms with Gasteiger partial charge >= 0.3 is 0 Å². The van der Waals surface area contributed by atoms with E-state index in [4.69, 9.17) is 10.5 Å². The molecule has 0 radical (unpaired) electrons. The number of nitrogens with one attached hydrogen (secondary N) is 2. The van der Waals surface area contributed by atoms with Gasteiger partial charge in [-0.05, 0) is 25.7 Å². The standard InChI is InChI=1S/C22H35N7O5.ClH/c1-2-24-20(33)16(32)17-14(30)15(31)21(34-17)29-11-26-13-18(23)27-22(28-19(13)29)25-10-6-9-12-7-4-3-5-8-12;/h11-12,14-17,21,30-32H,2-10H2,1H3,(H,24,33)(H3,23,25,27,28);1H/t14-,15+,16?,17-,21+;/m0./s1. The molecule has 1 unspecified atom stereocenters. The molecule has 7 N–H and O–H groups in total. The number of imidazole rings is 1. The quantitative estimate of drug-likeness (QED) is 0.261. The average molecular weight is 514 g/mol. The van der Waals surface area contributed by atoms with Crippen LogP contribution in [0.3, 0.4) is 0 Å². The highest BCUT2D eigenvalue weighted by molar-refractivity contribution is 5.85. The molecular formula is C22H36ClN7O5. The molecule has 13 heteroatoms. The molecule has 12 nitrogen and oxygen atoms in total. The predicted octanol–water partition coefficient (Wildman–Crippen LogP) is 0.719. The van der Waals surface area contributed by atoms with Crippen LogP contribution in [-0.4, -0.2) is 78.3 Å². The summed E-state index contributed by atoms with van der Waals surface area (Å²) in [6, 6.07) is 0. The topological polar surface area (TPSA) is 181 Å². The molecular weight excluding hydrogens is 478 g/mol. The third kappa shape index (κ3) is 5.95. The fourth-order valence-electron chi connectivity index (χ4n) is 4.87. The number of nitrogen functional groups attached to an aromatic ring is 1. The summed E-state index contributed by atoms with van der Waals surface area (Å²) < 4.78 is 7.13. The van der Waals surface area contributed by atoms with Gasteiger partial charge in [0.25, 0.3) is 5.91 Å². The number of aliphatic hydroxyl groups is 3. The summed E-state index contributed by atoms with van der Waals surface area (Å²) in [6.45, 7) is 2.72. The number of halogens is 1. The van der Waals surface area contributed by atoms with Gasteiger partial charge in [-0.15, -0.1) is 12.4 Å². The van der Waals surface area contributed by atoms with Crippen LogP contribution in [0.2, 0.25) is 0 Å². The second-order valence-corrected chi connectivity index (χ2v) is 9.14. The number of nitrogens with two attached hydrogens (primary N) is 1. The minimum atomic E-state index is -1.65. The van der Waals surface area contributed by atoms with E-state index >= 15 is 0 Å². The molecule has 2 aromatic rings. The molecule has 35 heavy (non-hydrogen) atoms. The summed E-state index contributed by atoms with van der Waals surface area (Å²) >= 11 is 0. The first kappa shape index (κ1) is 27.3. The van der Waals surface area contributed by atoms with Crippen LogP contribution in [-0.2, 0) is 9.53 Å². The lowest BCUT2D eigenvalue weighted by molar-refractivity contribution is -0.143. The Morgan fingerprint density at radius 2 is 2.00 bits per heavy atom. The Kier molecular flexibility index (Phi) is 9.47. The van der Waals surface area contributed by atoms with E-state index in [2.05, 4.69) is 25.6 Å². The highest BCUT2D eigenvalue weighted by Crippen LogP contribution is 2.34. The summed E-state index contributed by atoms with van der Waals surface area (Å²) in [4.78, 5) is 25.0. The van der Waals surface area contributed by atoms with E-state index < -0.39 is 36.6 Å². The molecule has 0 bridgehead atoms. The number of hydrogen-bond donors (Lipinski definition) is 6. The van der Waals surface area contributed by atoms with Crippen LogP contribution in [0.15, 0.2) is 6.33 Å². The molecule has 1 aliphatic heterocycles. The van der Waals surface area contributed by atoms with Crippen LogP contribution in [0.5, 0.6) is 0 Å². The van der Waals surface area contributed by atoms with Crippen molar-refractivity contribution in [3.05, 3.63) is 6.33 Å². The van der Waals surface area contributed by atoms with Gasteiger partial charge in [0.15, 0.2) is 23.8 Å². The highest BCUT2D eigenvalue weighted by Gasteiger charge is 2.49. The Morgan fingerprint density at radius 3 is 2.71 bits per heavy atom. The van der Waals surface area contributed by atoms with Crippen LogP contribution in [0.4, 0.5) is 11.8 Å². The number of ether oxygens (including phenoxy) is 1. The molecule has 2 aliphatic rings. The van der Waals surface area contributed by atoms with Gasteiger partial charge < -0.3 is 36.4 Å². The summed E-state index contributed by atoms with van der Waals surface area (Å²) in [6.07, 6.45) is 3.15. The minimum Gasteiger partial charge on any atom is -0.387 e. The Hall–Kier alpha value is -2.25. The molecule has 0 aromatic carbocycles. The third-order valence-electron chi connectivity index (χ3n) is 6.73. The SMILES string of the molecule is CCNC(=O)C(O)[C@H]1O[C@@H](n2cnc3c(N)nc(NCCCC4CCCCC4)nc32)[C@H](O)[C@@H]1O.Cl. The van der Waals surface area contributed by atoms with E-state index in [0.29, 0.717) is 30.2 Å². The van der Waals surface area contributed by atoms with Gasteiger partial charge in [0.2, 0.25) is 5.95 Å². The Morgan fingerprint density at radius 1 is 1.26 bits per heavy atom. The average Bonchev–Trinajstić information content (AvgIpc) is 3.38.